The zero-order valence-corrected chi connectivity index (χ0v) is 16.9. The van der Waals surface area contributed by atoms with Gasteiger partial charge >= 0.3 is 0 Å². The fraction of sp³-hybridized carbons (Fsp3) is 0.647. The van der Waals surface area contributed by atoms with Crippen LogP contribution in [0.1, 0.15) is 32.3 Å². The molecule has 1 heterocycles. The molecule has 1 fully saturated rings. The van der Waals surface area contributed by atoms with Crippen LogP contribution in [0.15, 0.2) is 23.1 Å². The van der Waals surface area contributed by atoms with E-state index in [0.29, 0.717) is 18.9 Å². The average molecular weight is 393 g/mol. The molecular weight excluding hydrogens is 364 g/mol. The van der Waals surface area contributed by atoms with E-state index in [1.165, 1.54) is 0 Å². The van der Waals surface area contributed by atoms with Gasteiger partial charge in [-0.3, -0.25) is 0 Å². The van der Waals surface area contributed by atoms with Gasteiger partial charge in [0.25, 0.3) is 0 Å². The normalized spacial score (nSPS) is 20.5. The lowest BCUT2D eigenvalue weighted by Gasteiger charge is -2.28. The highest BCUT2D eigenvalue weighted by Gasteiger charge is 2.34. The lowest BCUT2D eigenvalue weighted by Crippen LogP contribution is -2.52. The molecule has 1 aliphatic heterocycles. The van der Waals surface area contributed by atoms with Crippen molar-refractivity contribution in [2.75, 3.05) is 26.8 Å². The second kappa shape index (κ2) is 9.19. The maximum atomic E-state index is 12.6. The average Bonchev–Trinajstić information content (AvgIpc) is 2.96. The number of aryl methyl sites for hydroxylation is 1. The Labute approximate surface area is 157 Å². The van der Waals surface area contributed by atoms with Crippen molar-refractivity contribution >= 4 is 22.4 Å². The molecule has 2 N–H and O–H groups in total. The monoisotopic (exact) mass is 392 g/mol. The van der Waals surface area contributed by atoms with Crippen molar-refractivity contribution < 1.29 is 17.9 Å². The SMILES string of the molecule is COCC1(CNS(=O)(=O)c2ccc(OC(C)C)c(C)c2)CCCN1.Cl. The summed E-state index contributed by atoms with van der Waals surface area (Å²) in [5, 5.41) is 3.37. The van der Waals surface area contributed by atoms with Gasteiger partial charge in [0.15, 0.2) is 0 Å². The predicted molar refractivity (Wildman–Crippen MR) is 101 cm³/mol. The third-order valence-corrected chi connectivity index (χ3v) is 5.57. The van der Waals surface area contributed by atoms with Crippen LogP contribution in [0.5, 0.6) is 5.75 Å². The van der Waals surface area contributed by atoms with Gasteiger partial charge < -0.3 is 14.8 Å². The second-order valence-corrected chi connectivity index (χ2v) is 8.43. The van der Waals surface area contributed by atoms with Crippen LogP contribution < -0.4 is 14.8 Å². The number of sulfonamides is 1. The predicted octanol–water partition coefficient (Wildman–Crippen LogP) is 2.25. The van der Waals surface area contributed by atoms with Crippen molar-refractivity contribution in [3.05, 3.63) is 23.8 Å². The van der Waals surface area contributed by atoms with E-state index >= 15 is 0 Å². The Kier molecular flexibility index (Phi) is 8.15. The van der Waals surface area contributed by atoms with Crippen molar-refractivity contribution in [3.8, 4) is 5.75 Å². The van der Waals surface area contributed by atoms with E-state index in [2.05, 4.69) is 10.0 Å². The van der Waals surface area contributed by atoms with Gasteiger partial charge in [0.1, 0.15) is 5.75 Å². The van der Waals surface area contributed by atoms with Gasteiger partial charge in [0.05, 0.1) is 23.1 Å². The minimum Gasteiger partial charge on any atom is -0.491 e. The fourth-order valence-electron chi connectivity index (χ4n) is 2.96. The van der Waals surface area contributed by atoms with Crippen molar-refractivity contribution in [1.82, 2.24) is 10.0 Å². The summed E-state index contributed by atoms with van der Waals surface area (Å²) < 4.78 is 38.8. The molecule has 25 heavy (non-hydrogen) atoms. The number of rotatable bonds is 8. The highest BCUT2D eigenvalue weighted by Crippen LogP contribution is 2.24. The summed E-state index contributed by atoms with van der Waals surface area (Å²) in [7, 11) is -1.94. The van der Waals surface area contributed by atoms with Crippen LogP contribution in [0.3, 0.4) is 0 Å². The van der Waals surface area contributed by atoms with Gasteiger partial charge in [-0.05, 0) is 63.9 Å². The summed E-state index contributed by atoms with van der Waals surface area (Å²) in [6.07, 6.45) is 1.96. The molecule has 0 saturated carbocycles. The summed E-state index contributed by atoms with van der Waals surface area (Å²) in [5.41, 5.74) is 0.481. The first-order valence-electron chi connectivity index (χ1n) is 8.29. The molecule has 1 aliphatic rings. The number of hydrogen-bond acceptors (Lipinski definition) is 5. The summed E-state index contributed by atoms with van der Waals surface area (Å²) >= 11 is 0. The second-order valence-electron chi connectivity index (χ2n) is 6.66. The molecule has 1 atom stereocenters. The number of hydrogen-bond donors (Lipinski definition) is 2. The first-order valence-corrected chi connectivity index (χ1v) is 9.77. The first-order chi connectivity index (χ1) is 11.3. The van der Waals surface area contributed by atoms with Crippen molar-refractivity contribution in [2.45, 2.75) is 50.2 Å². The molecular formula is C17H29ClN2O4S. The topological polar surface area (TPSA) is 76.7 Å². The summed E-state index contributed by atoms with van der Waals surface area (Å²) in [6.45, 7) is 7.40. The Bertz CT molecular complexity index is 659. The number of benzene rings is 1. The largest absolute Gasteiger partial charge is 0.491 e. The van der Waals surface area contributed by atoms with Gasteiger partial charge in [-0.15, -0.1) is 12.4 Å². The lowest BCUT2D eigenvalue weighted by molar-refractivity contribution is 0.122. The van der Waals surface area contributed by atoms with E-state index in [1.54, 1.807) is 25.3 Å². The molecule has 6 nitrogen and oxygen atoms in total. The molecule has 0 spiro atoms. The molecule has 8 heteroatoms. The zero-order chi connectivity index (χ0) is 17.8. The van der Waals surface area contributed by atoms with Crippen molar-refractivity contribution in [2.24, 2.45) is 0 Å². The Hall–Kier alpha value is -0.860. The number of halogens is 1. The Balaban J connectivity index is 0.00000312. The van der Waals surface area contributed by atoms with E-state index in [1.807, 2.05) is 20.8 Å². The summed E-state index contributed by atoms with van der Waals surface area (Å²) in [4.78, 5) is 0.252. The molecule has 1 aromatic carbocycles. The molecule has 144 valence electrons. The first kappa shape index (κ1) is 22.2. The molecule has 1 saturated heterocycles. The van der Waals surface area contributed by atoms with E-state index in [0.717, 1.165) is 24.9 Å². The maximum Gasteiger partial charge on any atom is 0.240 e. The van der Waals surface area contributed by atoms with Gasteiger partial charge in [-0.1, -0.05) is 0 Å². The summed E-state index contributed by atoms with van der Waals surface area (Å²) in [5.74, 6) is 0.706. The minimum absolute atomic E-state index is 0. The van der Waals surface area contributed by atoms with Gasteiger partial charge in [0, 0.05) is 13.7 Å². The maximum absolute atomic E-state index is 12.6. The Morgan fingerprint density at radius 1 is 1.36 bits per heavy atom. The van der Waals surface area contributed by atoms with E-state index in [-0.39, 0.29) is 28.9 Å². The Morgan fingerprint density at radius 3 is 2.60 bits per heavy atom. The zero-order valence-electron chi connectivity index (χ0n) is 15.3. The van der Waals surface area contributed by atoms with Crippen molar-refractivity contribution in [3.63, 3.8) is 0 Å². The minimum atomic E-state index is -3.57. The third kappa shape index (κ3) is 5.82. The van der Waals surface area contributed by atoms with E-state index in [4.69, 9.17) is 9.47 Å². The summed E-state index contributed by atoms with van der Waals surface area (Å²) in [6, 6.07) is 4.94. The highest BCUT2D eigenvalue weighted by molar-refractivity contribution is 7.89. The lowest BCUT2D eigenvalue weighted by atomic mass is 9.99. The molecule has 1 unspecified atom stereocenters. The molecule has 0 radical (unpaired) electrons. The van der Waals surface area contributed by atoms with Crippen LogP contribution in [0.25, 0.3) is 0 Å². The van der Waals surface area contributed by atoms with Crippen LogP contribution in [0, 0.1) is 6.92 Å². The van der Waals surface area contributed by atoms with Crippen LogP contribution in [0.4, 0.5) is 0 Å². The molecule has 0 aromatic heterocycles. The standard InChI is InChI=1S/C17H28N2O4S.ClH/c1-13(2)23-16-7-6-15(10-14(16)3)24(20,21)19-11-17(12-22-4)8-5-9-18-17;/h6-7,10,13,18-19H,5,8-9,11-12H2,1-4H3;1H. The smallest absolute Gasteiger partial charge is 0.240 e. The molecule has 0 amide bonds. The number of ether oxygens (including phenoxy) is 2. The van der Waals surface area contributed by atoms with Crippen LogP contribution in [0.2, 0.25) is 0 Å². The molecule has 0 bridgehead atoms. The fourth-order valence-corrected chi connectivity index (χ4v) is 4.17. The van der Waals surface area contributed by atoms with Crippen LogP contribution in [-0.2, 0) is 14.8 Å². The van der Waals surface area contributed by atoms with Crippen LogP contribution in [-0.4, -0.2) is 46.9 Å². The van der Waals surface area contributed by atoms with Crippen molar-refractivity contribution in [1.29, 1.82) is 0 Å². The highest BCUT2D eigenvalue weighted by atomic mass is 35.5. The Morgan fingerprint density at radius 2 is 2.08 bits per heavy atom. The van der Waals surface area contributed by atoms with E-state index in [9.17, 15) is 8.42 Å². The van der Waals surface area contributed by atoms with E-state index < -0.39 is 10.0 Å². The molecule has 1 aromatic rings. The number of nitrogens with one attached hydrogen (secondary N) is 2. The molecule has 2 rings (SSSR count). The third-order valence-electron chi connectivity index (χ3n) is 4.17. The van der Waals surface area contributed by atoms with Gasteiger partial charge in [-0.2, -0.15) is 0 Å². The van der Waals surface area contributed by atoms with Gasteiger partial charge in [0.2, 0.25) is 10.0 Å². The number of methoxy groups -OCH3 is 1. The van der Waals surface area contributed by atoms with Gasteiger partial charge in [-0.25, -0.2) is 13.1 Å². The quantitative estimate of drug-likeness (QED) is 0.709. The van der Waals surface area contributed by atoms with Crippen LogP contribution >= 0.6 is 12.4 Å². The molecule has 0 aliphatic carbocycles.